The van der Waals surface area contributed by atoms with Crippen LogP contribution in [0.3, 0.4) is 0 Å². The Kier molecular flexibility index (Phi) is 20.5. The highest BCUT2D eigenvalue weighted by atomic mass is 28.4. The first kappa shape index (κ1) is 32.1. The Balaban J connectivity index is 6.09. The maximum atomic E-state index is 6.53. The molecule has 0 saturated carbocycles. The zero-order chi connectivity index (χ0) is 24.1. The van der Waals surface area contributed by atoms with Crippen molar-refractivity contribution in [2.45, 2.75) is 138 Å². The van der Waals surface area contributed by atoms with Crippen molar-refractivity contribution in [3.63, 3.8) is 0 Å². The van der Waals surface area contributed by atoms with E-state index in [0.29, 0.717) is 25.5 Å². The van der Waals surface area contributed by atoms with E-state index in [1.165, 1.54) is 96.7 Å². The van der Waals surface area contributed by atoms with E-state index in [2.05, 4.69) is 48.5 Å². The lowest BCUT2D eigenvalue weighted by Crippen LogP contribution is -2.71. The van der Waals surface area contributed by atoms with Crippen LogP contribution in [0.1, 0.15) is 132 Å². The molecule has 1 atom stereocenters. The molecule has 1 unspecified atom stereocenters. The Morgan fingerprint density at radius 2 is 0.844 bits per heavy atom. The van der Waals surface area contributed by atoms with Crippen molar-refractivity contribution in [1.82, 2.24) is 0 Å². The Morgan fingerprint density at radius 1 is 0.500 bits per heavy atom. The van der Waals surface area contributed by atoms with Gasteiger partial charge in [0.15, 0.2) is 5.67 Å². The third kappa shape index (κ3) is 11.5. The smallest absolute Gasteiger partial charge is 0.370 e. The van der Waals surface area contributed by atoms with Gasteiger partial charge in [-0.3, -0.25) is 0 Å². The molecule has 0 rings (SSSR count). The summed E-state index contributed by atoms with van der Waals surface area (Å²) in [4.78, 5) is 0. The van der Waals surface area contributed by atoms with Crippen LogP contribution >= 0.6 is 0 Å². The van der Waals surface area contributed by atoms with E-state index in [-0.39, 0.29) is 0 Å². The molecule has 0 bridgehead atoms. The van der Waals surface area contributed by atoms with Crippen LogP contribution in [-0.2, 0) is 13.3 Å². The molecule has 194 valence electrons. The van der Waals surface area contributed by atoms with E-state index in [1.54, 1.807) is 0 Å². The molecule has 5 heteroatoms. The number of unbranched alkanes of at least 4 members (excludes halogenated alkanes) is 9. The molecule has 0 heterocycles. The Labute approximate surface area is 203 Å². The third-order valence-electron chi connectivity index (χ3n) is 6.86. The zero-order valence-electron chi connectivity index (χ0n) is 23.2. The second-order valence-corrected chi connectivity index (χ2v) is 12.1. The van der Waals surface area contributed by atoms with Crippen LogP contribution in [0.15, 0.2) is 0 Å². The molecule has 0 radical (unpaired) electrons. The monoisotopic (exact) mass is 474 g/mol. The molecule has 0 aliphatic carbocycles. The topological polar surface area (TPSA) is 27.7 Å². The van der Waals surface area contributed by atoms with Gasteiger partial charge in [-0.25, -0.2) is 0 Å². The molecule has 0 spiro atoms. The summed E-state index contributed by atoms with van der Waals surface area (Å²) >= 11 is 0. The largest absolute Gasteiger partial charge is 0.562 e. The summed E-state index contributed by atoms with van der Waals surface area (Å²) in [5.41, 5.74) is 0.340. The van der Waals surface area contributed by atoms with E-state index in [1.807, 2.05) is 0 Å². The molecule has 0 aliphatic heterocycles. The lowest BCUT2D eigenvalue weighted by molar-refractivity contribution is -0.944. The highest BCUT2D eigenvalue weighted by molar-refractivity contribution is 6.62. The second kappa shape index (κ2) is 20.4. The molecular formula is C27H60NO3Si+. The first-order valence-electron chi connectivity index (χ1n) is 14.3. The van der Waals surface area contributed by atoms with Crippen molar-refractivity contribution in [1.29, 1.82) is 0 Å². The Hall–Kier alpha value is 0.0569. The Morgan fingerprint density at radius 3 is 1.09 bits per heavy atom. The predicted octanol–water partition coefficient (Wildman–Crippen LogP) is 7.91. The van der Waals surface area contributed by atoms with Crippen molar-refractivity contribution < 1.29 is 17.8 Å². The number of quaternary nitrogens is 1. The fourth-order valence-corrected chi connectivity index (χ4v) is 8.95. The predicted molar refractivity (Wildman–Crippen MR) is 142 cm³/mol. The van der Waals surface area contributed by atoms with Crippen LogP contribution in [0.2, 0.25) is 0 Å². The van der Waals surface area contributed by atoms with Crippen LogP contribution in [0, 0.1) is 0 Å². The van der Waals surface area contributed by atoms with E-state index >= 15 is 0 Å². The van der Waals surface area contributed by atoms with Crippen molar-refractivity contribution in [2.24, 2.45) is 0 Å². The lowest BCUT2D eigenvalue weighted by atomic mass is 10.1. The molecule has 0 fully saturated rings. The van der Waals surface area contributed by atoms with Gasteiger partial charge in [-0.05, 0) is 59.3 Å². The number of rotatable bonds is 24. The molecule has 32 heavy (non-hydrogen) atoms. The minimum atomic E-state index is -2.79. The Bertz CT molecular complexity index is 360. The summed E-state index contributed by atoms with van der Waals surface area (Å²) in [6.07, 6.45) is 16.9. The van der Waals surface area contributed by atoms with E-state index in [0.717, 1.165) is 10.9 Å². The molecule has 0 aromatic heterocycles. The lowest BCUT2D eigenvalue weighted by Gasteiger charge is -2.49. The third-order valence-corrected chi connectivity index (χ3v) is 10.7. The zero-order valence-corrected chi connectivity index (χ0v) is 24.2. The molecule has 0 aliphatic rings. The normalized spacial score (nSPS) is 13.6. The van der Waals surface area contributed by atoms with Crippen molar-refractivity contribution >= 4 is 8.80 Å². The molecule has 0 amide bonds. The highest BCUT2D eigenvalue weighted by Crippen LogP contribution is 2.32. The van der Waals surface area contributed by atoms with Gasteiger partial charge in [-0.15, -0.1) is 0 Å². The minimum absolute atomic E-state index is 0.340. The maximum Gasteiger partial charge on any atom is 0.562 e. The van der Waals surface area contributed by atoms with Gasteiger partial charge in [0.1, 0.15) is 0 Å². The molecular weight excluding hydrogens is 414 g/mol. The van der Waals surface area contributed by atoms with Gasteiger partial charge in [0.05, 0.1) is 19.6 Å². The van der Waals surface area contributed by atoms with Gasteiger partial charge < -0.3 is 17.8 Å². The van der Waals surface area contributed by atoms with Crippen molar-refractivity contribution in [2.75, 3.05) is 39.5 Å². The number of hydrogen-bond acceptors (Lipinski definition) is 3. The van der Waals surface area contributed by atoms with E-state index in [9.17, 15) is 0 Å². The second-order valence-electron chi connectivity index (χ2n) is 9.40. The summed E-state index contributed by atoms with van der Waals surface area (Å²) in [6, 6.07) is 0. The summed E-state index contributed by atoms with van der Waals surface area (Å²) in [6.45, 7) is 21.3. The summed E-state index contributed by atoms with van der Waals surface area (Å²) in [7, 11) is -2.79. The number of nitrogens with zero attached hydrogens (tertiary/aromatic N) is 1. The van der Waals surface area contributed by atoms with Gasteiger partial charge in [0.25, 0.3) is 0 Å². The van der Waals surface area contributed by atoms with Crippen molar-refractivity contribution in [3.8, 4) is 0 Å². The molecule has 4 nitrogen and oxygen atoms in total. The molecule has 0 saturated heterocycles. The van der Waals surface area contributed by atoms with Gasteiger partial charge >= 0.3 is 8.80 Å². The molecule has 0 aromatic carbocycles. The number of hydrogen-bond donors (Lipinski definition) is 0. The molecule has 0 aromatic rings. The summed E-state index contributed by atoms with van der Waals surface area (Å²) in [5.74, 6) is 0. The minimum Gasteiger partial charge on any atom is -0.370 e. The summed E-state index contributed by atoms with van der Waals surface area (Å²) in [5, 5.41) is 0. The average Bonchev–Trinajstić information content (AvgIpc) is 2.78. The maximum absolute atomic E-state index is 6.53. The quantitative estimate of drug-likeness (QED) is 0.0808. The van der Waals surface area contributed by atoms with Gasteiger partial charge in [0.2, 0.25) is 0 Å². The van der Waals surface area contributed by atoms with Gasteiger partial charge in [0, 0.05) is 26.2 Å². The average molecular weight is 475 g/mol. The first-order chi connectivity index (χ1) is 15.6. The fourth-order valence-electron chi connectivity index (χ4n) is 5.35. The van der Waals surface area contributed by atoms with E-state index < -0.39 is 8.80 Å². The van der Waals surface area contributed by atoms with Crippen LogP contribution < -0.4 is 0 Å². The van der Waals surface area contributed by atoms with Crippen molar-refractivity contribution in [3.05, 3.63) is 0 Å². The van der Waals surface area contributed by atoms with Gasteiger partial charge in [-0.1, -0.05) is 66.2 Å². The molecule has 0 N–H and O–H groups in total. The standard InChI is InChI=1S/C27H60NO3Si/c1-8-15-18-21-24-28(25-22-19-16-9-2,26-23-20-17-10-3)27(11-4)32(29-12-5,30-13-6)31-14-7/h27H,8-26H2,1-7H3/q+1. The van der Waals surface area contributed by atoms with E-state index in [4.69, 9.17) is 13.3 Å². The van der Waals surface area contributed by atoms with Crippen LogP contribution in [-0.4, -0.2) is 58.4 Å². The van der Waals surface area contributed by atoms with Gasteiger partial charge in [-0.2, -0.15) is 0 Å². The fraction of sp³-hybridized carbons (Fsp3) is 1.00. The summed E-state index contributed by atoms with van der Waals surface area (Å²) < 4.78 is 20.7. The SMILES string of the molecule is CCCCCC[N+](CCCCCC)(CCCCCC)C(CC)[Si](OCC)(OCC)OCC. The van der Waals surface area contributed by atoms with Crippen LogP contribution in [0.25, 0.3) is 0 Å². The highest BCUT2D eigenvalue weighted by Gasteiger charge is 2.58. The van der Waals surface area contributed by atoms with Crippen LogP contribution in [0.4, 0.5) is 0 Å². The van der Waals surface area contributed by atoms with Crippen LogP contribution in [0.5, 0.6) is 0 Å². The first-order valence-corrected chi connectivity index (χ1v) is 16.1.